The second-order valence-electron chi connectivity index (χ2n) is 6.08. The molecular weight excluding hydrogens is 330 g/mol. The molecule has 0 spiro atoms. The molecule has 2 atom stereocenters. The predicted molar refractivity (Wildman–Crippen MR) is 100.0 cm³/mol. The van der Waals surface area contributed by atoms with Gasteiger partial charge in [-0.25, -0.2) is 4.79 Å². The lowest BCUT2D eigenvalue weighted by atomic mass is 10.1. The Labute approximate surface area is 154 Å². The van der Waals surface area contributed by atoms with Crippen molar-refractivity contribution in [3.05, 3.63) is 65.7 Å². The molecular formula is C21H25NO4. The summed E-state index contributed by atoms with van der Waals surface area (Å²) in [6.07, 6.45) is -0.368. The minimum atomic E-state index is -0.756. The molecule has 0 aromatic heterocycles. The van der Waals surface area contributed by atoms with Gasteiger partial charge in [-0.1, -0.05) is 42.5 Å². The third kappa shape index (κ3) is 5.92. The Morgan fingerprint density at radius 3 is 2.46 bits per heavy atom. The zero-order valence-electron chi connectivity index (χ0n) is 15.4. The van der Waals surface area contributed by atoms with Crippen molar-refractivity contribution in [1.82, 2.24) is 5.32 Å². The monoisotopic (exact) mass is 355 g/mol. The van der Waals surface area contributed by atoms with E-state index in [2.05, 4.69) is 5.32 Å². The van der Waals surface area contributed by atoms with E-state index in [0.29, 0.717) is 12.2 Å². The predicted octanol–water partition coefficient (Wildman–Crippen LogP) is 3.05. The zero-order valence-corrected chi connectivity index (χ0v) is 15.4. The van der Waals surface area contributed by atoms with Crippen molar-refractivity contribution in [3.63, 3.8) is 0 Å². The molecule has 5 nitrogen and oxygen atoms in total. The average Bonchev–Trinajstić information content (AvgIpc) is 2.62. The lowest BCUT2D eigenvalue weighted by Crippen LogP contribution is -2.48. The number of aryl methyl sites for hydroxylation is 1. The quantitative estimate of drug-likeness (QED) is 0.739. The fraction of sp³-hybridized carbons (Fsp3) is 0.333. The topological polar surface area (TPSA) is 64.6 Å². The van der Waals surface area contributed by atoms with Crippen molar-refractivity contribution in [3.8, 4) is 5.75 Å². The van der Waals surface area contributed by atoms with Crippen LogP contribution in [0.1, 0.15) is 25.0 Å². The number of hydrogen-bond donors (Lipinski definition) is 1. The third-order valence-corrected chi connectivity index (χ3v) is 3.84. The molecule has 0 saturated heterocycles. The van der Waals surface area contributed by atoms with Gasteiger partial charge in [-0.05, 0) is 44.0 Å². The molecule has 1 amide bonds. The van der Waals surface area contributed by atoms with Gasteiger partial charge in [0.2, 0.25) is 0 Å². The van der Waals surface area contributed by atoms with E-state index in [9.17, 15) is 9.59 Å². The van der Waals surface area contributed by atoms with Crippen molar-refractivity contribution >= 4 is 11.9 Å². The van der Waals surface area contributed by atoms with E-state index in [1.54, 1.807) is 19.9 Å². The normalized spacial score (nSPS) is 12.7. The molecule has 1 N–H and O–H groups in total. The van der Waals surface area contributed by atoms with E-state index in [4.69, 9.17) is 9.47 Å². The number of esters is 1. The lowest BCUT2D eigenvalue weighted by Gasteiger charge is -2.20. The molecule has 0 bridgehead atoms. The van der Waals surface area contributed by atoms with Crippen molar-refractivity contribution < 1.29 is 19.1 Å². The van der Waals surface area contributed by atoms with Crippen LogP contribution in [0.15, 0.2) is 54.6 Å². The number of ether oxygens (including phenoxy) is 2. The van der Waals surface area contributed by atoms with Gasteiger partial charge >= 0.3 is 5.97 Å². The number of hydrogen-bond acceptors (Lipinski definition) is 4. The number of carbonyl (C=O) groups excluding carboxylic acids is 2. The van der Waals surface area contributed by atoms with Crippen LogP contribution in [0.25, 0.3) is 0 Å². The van der Waals surface area contributed by atoms with Gasteiger partial charge in [0, 0.05) is 6.42 Å². The van der Waals surface area contributed by atoms with Crippen LogP contribution in [0.3, 0.4) is 0 Å². The molecule has 2 aromatic rings. The summed E-state index contributed by atoms with van der Waals surface area (Å²) in [5.41, 5.74) is 1.99. The second-order valence-corrected chi connectivity index (χ2v) is 6.08. The van der Waals surface area contributed by atoms with Crippen LogP contribution in [0.2, 0.25) is 0 Å². The number of carbonyl (C=O) groups is 2. The highest BCUT2D eigenvalue weighted by atomic mass is 16.5. The van der Waals surface area contributed by atoms with Gasteiger partial charge < -0.3 is 14.8 Å². The fourth-order valence-electron chi connectivity index (χ4n) is 2.52. The molecule has 2 unspecified atom stereocenters. The summed E-state index contributed by atoms with van der Waals surface area (Å²) in [5, 5.41) is 2.75. The molecule has 0 aliphatic rings. The molecule has 0 aliphatic heterocycles. The first-order valence-corrected chi connectivity index (χ1v) is 8.74. The van der Waals surface area contributed by atoms with Crippen molar-refractivity contribution in [2.45, 2.75) is 39.3 Å². The third-order valence-electron chi connectivity index (χ3n) is 3.84. The maximum Gasteiger partial charge on any atom is 0.328 e. The van der Waals surface area contributed by atoms with Crippen LogP contribution in [0.5, 0.6) is 5.75 Å². The molecule has 2 aromatic carbocycles. The summed E-state index contributed by atoms with van der Waals surface area (Å²) in [6.45, 7) is 5.61. The van der Waals surface area contributed by atoms with Crippen LogP contribution in [-0.4, -0.2) is 30.6 Å². The molecule has 2 rings (SSSR count). The first-order valence-electron chi connectivity index (χ1n) is 8.74. The maximum atomic E-state index is 12.5. The summed E-state index contributed by atoms with van der Waals surface area (Å²) in [6, 6.07) is 16.2. The minimum Gasteiger partial charge on any atom is -0.481 e. The van der Waals surface area contributed by atoms with E-state index in [-0.39, 0.29) is 12.5 Å². The van der Waals surface area contributed by atoms with Crippen molar-refractivity contribution in [2.24, 2.45) is 0 Å². The molecule has 0 heterocycles. The summed E-state index contributed by atoms with van der Waals surface area (Å²) in [4.78, 5) is 24.7. The van der Waals surface area contributed by atoms with Gasteiger partial charge in [-0.15, -0.1) is 0 Å². The summed E-state index contributed by atoms with van der Waals surface area (Å²) in [5.74, 6) is -0.198. The van der Waals surface area contributed by atoms with Crippen LogP contribution in [-0.2, 0) is 20.7 Å². The van der Waals surface area contributed by atoms with Crippen LogP contribution >= 0.6 is 0 Å². The fourth-order valence-corrected chi connectivity index (χ4v) is 2.52. The molecule has 0 radical (unpaired) electrons. The lowest BCUT2D eigenvalue weighted by molar-refractivity contribution is -0.148. The Kier molecular flexibility index (Phi) is 7.21. The second kappa shape index (κ2) is 9.61. The zero-order chi connectivity index (χ0) is 18.9. The largest absolute Gasteiger partial charge is 0.481 e. The number of amides is 1. The van der Waals surface area contributed by atoms with E-state index in [1.165, 1.54) is 0 Å². The molecule has 5 heteroatoms. The Morgan fingerprint density at radius 2 is 1.81 bits per heavy atom. The molecule has 0 fully saturated rings. The molecule has 0 saturated carbocycles. The SMILES string of the molecule is CCOC(=O)C(Cc1ccccc1)NC(=O)C(C)Oc1cccc(C)c1. The van der Waals surface area contributed by atoms with E-state index in [1.807, 2.05) is 55.5 Å². The minimum absolute atomic E-state index is 0.259. The first kappa shape index (κ1) is 19.5. The Hall–Kier alpha value is -2.82. The van der Waals surface area contributed by atoms with Crippen LogP contribution in [0, 0.1) is 6.92 Å². The van der Waals surface area contributed by atoms with Gasteiger partial charge in [0.25, 0.3) is 5.91 Å². The van der Waals surface area contributed by atoms with Crippen LogP contribution in [0.4, 0.5) is 0 Å². The number of benzene rings is 2. The summed E-state index contributed by atoms with van der Waals surface area (Å²) >= 11 is 0. The highest BCUT2D eigenvalue weighted by Gasteiger charge is 2.25. The summed E-state index contributed by atoms with van der Waals surface area (Å²) < 4.78 is 10.8. The van der Waals surface area contributed by atoms with Gasteiger partial charge in [0.05, 0.1) is 6.61 Å². The van der Waals surface area contributed by atoms with Gasteiger partial charge in [-0.2, -0.15) is 0 Å². The van der Waals surface area contributed by atoms with E-state index >= 15 is 0 Å². The molecule has 26 heavy (non-hydrogen) atoms. The maximum absolute atomic E-state index is 12.5. The highest BCUT2D eigenvalue weighted by molar-refractivity contribution is 5.87. The Balaban J connectivity index is 2.03. The van der Waals surface area contributed by atoms with Gasteiger partial charge in [0.15, 0.2) is 6.10 Å². The number of nitrogens with one attached hydrogen (secondary N) is 1. The Bertz CT molecular complexity index is 730. The molecule has 0 aliphatic carbocycles. The van der Waals surface area contributed by atoms with Crippen LogP contribution < -0.4 is 10.1 Å². The standard InChI is InChI=1S/C21H25NO4/c1-4-25-21(24)19(14-17-10-6-5-7-11-17)22-20(23)16(3)26-18-12-8-9-15(2)13-18/h5-13,16,19H,4,14H2,1-3H3,(H,22,23). The van der Waals surface area contributed by atoms with Crippen molar-refractivity contribution in [1.29, 1.82) is 0 Å². The van der Waals surface area contributed by atoms with E-state index in [0.717, 1.165) is 11.1 Å². The molecule has 138 valence electrons. The Morgan fingerprint density at radius 1 is 1.08 bits per heavy atom. The average molecular weight is 355 g/mol. The van der Waals surface area contributed by atoms with Gasteiger partial charge in [0.1, 0.15) is 11.8 Å². The smallest absolute Gasteiger partial charge is 0.328 e. The number of rotatable bonds is 8. The first-order chi connectivity index (χ1) is 12.5. The van der Waals surface area contributed by atoms with Crippen molar-refractivity contribution in [2.75, 3.05) is 6.61 Å². The van der Waals surface area contributed by atoms with Gasteiger partial charge in [-0.3, -0.25) is 4.79 Å². The highest BCUT2D eigenvalue weighted by Crippen LogP contribution is 2.14. The van der Waals surface area contributed by atoms with E-state index < -0.39 is 18.1 Å². The summed E-state index contributed by atoms with van der Waals surface area (Å²) in [7, 11) is 0.